The predicted octanol–water partition coefficient (Wildman–Crippen LogP) is 3.72. The third-order valence-corrected chi connectivity index (χ3v) is 3.37. The summed E-state index contributed by atoms with van der Waals surface area (Å²) in [7, 11) is 0. The Hall–Kier alpha value is -2.56. The van der Waals surface area contributed by atoms with Gasteiger partial charge in [0, 0.05) is 16.5 Å². The Balaban J connectivity index is 2.36. The third kappa shape index (κ3) is 2.31. The maximum atomic E-state index is 14.3. The minimum atomic E-state index is -0.453. The number of aryl methyl sites for hydroxylation is 1. The van der Waals surface area contributed by atoms with Gasteiger partial charge in [-0.1, -0.05) is 6.92 Å². The summed E-state index contributed by atoms with van der Waals surface area (Å²) in [5.41, 5.74) is 7.75. The number of hydrogen-bond acceptors (Lipinski definition) is 3. The van der Waals surface area contributed by atoms with Crippen LogP contribution < -0.4 is 5.73 Å². The second-order valence-electron chi connectivity index (χ2n) is 4.73. The molecule has 2 aromatic heterocycles. The van der Waals surface area contributed by atoms with Crippen molar-refractivity contribution in [3.63, 3.8) is 0 Å². The van der Waals surface area contributed by atoms with Crippen LogP contribution in [0.1, 0.15) is 12.6 Å². The van der Waals surface area contributed by atoms with Crippen LogP contribution in [0.2, 0.25) is 0 Å². The molecule has 0 spiro atoms. The summed E-state index contributed by atoms with van der Waals surface area (Å²) in [6.45, 7) is 1.92. The number of rotatable bonds is 2. The number of hydrogen-bond donors (Lipinski definition) is 1. The zero-order valence-electron chi connectivity index (χ0n) is 11.4. The molecule has 0 fully saturated rings. The van der Waals surface area contributed by atoms with Crippen LogP contribution in [0, 0.1) is 11.6 Å². The van der Waals surface area contributed by atoms with Crippen molar-refractivity contribution in [2.45, 2.75) is 13.3 Å². The number of pyridine rings is 2. The SMILES string of the molecule is CCc1nc(N)ccc1-c1c(F)ccc2cc(F)cnc12. The summed E-state index contributed by atoms with van der Waals surface area (Å²) in [5.74, 6) is -0.482. The molecule has 0 saturated heterocycles. The Morgan fingerprint density at radius 1 is 1.14 bits per heavy atom. The van der Waals surface area contributed by atoms with Crippen LogP contribution in [0.3, 0.4) is 0 Å². The summed E-state index contributed by atoms with van der Waals surface area (Å²) in [4.78, 5) is 8.28. The van der Waals surface area contributed by atoms with E-state index in [9.17, 15) is 8.78 Å². The number of nitrogens with two attached hydrogens (primary N) is 1. The first-order chi connectivity index (χ1) is 10.1. The molecule has 2 heterocycles. The minimum absolute atomic E-state index is 0.330. The highest BCUT2D eigenvalue weighted by atomic mass is 19.1. The molecule has 21 heavy (non-hydrogen) atoms. The number of nitrogens with zero attached hydrogens (tertiary/aromatic N) is 2. The molecule has 2 N–H and O–H groups in total. The second-order valence-corrected chi connectivity index (χ2v) is 4.73. The fraction of sp³-hybridized carbons (Fsp3) is 0.125. The van der Waals surface area contributed by atoms with Crippen LogP contribution in [0.15, 0.2) is 36.5 Å². The minimum Gasteiger partial charge on any atom is -0.384 e. The zero-order valence-corrected chi connectivity index (χ0v) is 11.4. The van der Waals surface area contributed by atoms with Gasteiger partial charge in [-0.25, -0.2) is 13.8 Å². The van der Waals surface area contributed by atoms with E-state index in [2.05, 4.69) is 9.97 Å². The summed E-state index contributed by atoms with van der Waals surface area (Å²) in [6.07, 6.45) is 1.69. The largest absolute Gasteiger partial charge is 0.384 e. The van der Waals surface area contributed by atoms with Crippen molar-refractivity contribution >= 4 is 16.7 Å². The molecule has 106 valence electrons. The topological polar surface area (TPSA) is 51.8 Å². The van der Waals surface area contributed by atoms with Crippen molar-refractivity contribution in [1.29, 1.82) is 0 Å². The maximum Gasteiger partial charge on any atom is 0.142 e. The van der Waals surface area contributed by atoms with Crippen molar-refractivity contribution in [2.75, 3.05) is 5.73 Å². The van der Waals surface area contributed by atoms with E-state index < -0.39 is 11.6 Å². The van der Waals surface area contributed by atoms with Gasteiger partial charge in [0.25, 0.3) is 0 Å². The molecule has 0 aliphatic heterocycles. The highest BCUT2D eigenvalue weighted by Crippen LogP contribution is 2.32. The molecule has 0 saturated carbocycles. The number of halogens is 2. The second kappa shape index (κ2) is 5.09. The number of anilines is 1. The number of aromatic nitrogens is 2. The van der Waals surface area contributed by atoms with E-state index in [1.165, 1.54) is 18.2 Å². The van der Waals surface area contributed by atoms with Gasteiger partial charge in [0.2, 0.25) is 0 Å². The van der Waals surface area contributed by atoms with Crippen molar-refractivity contribution in [3.05, 3.63) is 53.9 Å². The van der Waals surface area contributed by atoms with Gasteiger partial charge in [0.1, 0.15) is 17.5 Å². The Bertz CT molecular complexity index is 831. The summed E-state index contributed by atoms with van der Waals surface area (Å²) in [6, 6.07) is 7.51. The lowest BCUT2D eigenvalue weighted by molar-refractivity contribution is 0.622. The van der Waals surface area contributed by atoms with E-state index in [0.717, 1.165) is 6.20 Å². The van der Waals surface area contributed by atoms with Crippen molar-refractivity contribution < 1.29 is 8.78 Å². The van der Waals surface area contributed by atoms with E-state index in [0.29, 0.717) is 40.0 Å². The van der Waals surface area contributed by atoms with Gasteiger partial charge in [-0.05, 0) is 36.8 Å². The molecule has 3 aromatic rings. The molecule has 1 aromatic carbocycles. The molecule has 0 aliphatic rings. The maximum absolute atomic E-state index is 14.3. The first-order valence-electron chi connectivity index (χ1n) is 6.59. The standard InChI is InChI=1S/C16H13F2N3/c1-2-13-11(4-6-14(19)21-13)15-12(18)5-3-9-7-10(17)8-20-16(9)15/h3-8H,2H2,1H3,(H2,19,21). The van der Waals surface area contributed by atoms with Gasteiger partial charge < -0.3 is 5.73 Å². The molecule has 0 unspecified atom stereocenters. The summed E-state index contributed by atoms with van der Waals surface area (Å²) < 4.78 is 27.6. The highest BCUT2D eigenvalue weighted by Gasteiger charge is 2.15. The van der Waals surface area contributed by atoms with Crippen LogP contribution in [-0.4, -0.2) is 9.97 Å². The van der Waals surface area contributed by atoms with Gasteiger partial charge in [-0.15, -0.1) is 0 Å². The first kappa shape index (κ1) is 13.4. The van der Waals surface area contributed by atoms with Crippen LogP contribution in [0.5, 0.6) is 0 Å². The predicted molar refractivity (Wildman–Crippen MR) is 78.7 cm³/mol. The van der Waals surface area contributed by atoms with Crippen LogP contribution >= 0.6 is 0 Å². The van der Waals surface area contributed by atoms with Crippen molar-refractivity contribution in [2.24, 2.45) is 0 Å². The third-order valence-electron chi connectivity index (χ3n) is 3.37. The quantitative estimate of drug-likeness (QED) is 0.780. The van der Waals surface area contributed by atoms with Gasteiger partial charge >= 0.3 is 0 Å². The fourth-order valence-corrected chi connectivity index (χ4v) is 2.42. The number of nitrogen functional groups attached to an aromatic ring is 1. The molecule has 0 aliphatic carbocycles. The molecule has 3 rings (SSSR count). The number of benzene rings is 1. The smallest absolute Gasteiger partial charge is 0.142 e. The lowest BCUT2D eigenvalue weighted by Crippen LogP contribution is -2.00. The van der Waals surface area contributed by atoms with E-state index in [1.807, 2.05) is 6.92 Å². The molecule has 3 nitrogen and oxygen atoms in total. The Morgan fingerprint density at radius 3 is 2.71 bits per heavy atom. The molecule has 5 heteroatoms. The average Bonchev–Trinajstić information content (AvgIpc) is 2.48. The molecular formula is C16H13F2N3. The van der Waals surface area contributed by atoms with Gasteiger partial charge in [-0.2, -0.15) is 0 Å². The van der Waals surface area contributed by atoms with Gasteiger partial charge in [-0.3, -0.25) is 4.98 Å². The fourth-order valence-electron chi connectivity index (χ4n) is 2.42. The molecule has 0 amide bonds. The highest BCUT2D eigenvalue weighted by molar-refractivity contribution is 5.94. The molecular weight excluding hydrogens is 272 g/mol. The molecule has 0 bridgehead atoms. The Labute approximate surface area is 120 Å². The monoisotopic (exact) mass is 285 g/mol. The zero-order chi connectivity index (χ0) is 15.0. The van der Waals surface area contributed by atoms with Crippen LogP contribution in [0.25, 0.3) is 22.0 Å². The van der Waals surface area contributed by atoms with Crippen LogP contribution in [-0.2, 0) is 6.42 Å². The summed E-state index contributed by atoms with van der Waals surface area (Å²) >= 11 is 0. The molecule has 0 radical (unpaired) electrons. The lowest BCUT2D eigenvalue weighted by atomic mass is 9.98. The molecule has 0 atom stereocenters. The first-order valence-corrected chi connectivity index (χ1v) is 6.59. The normalized spacial score (nSPS) is 11.0. The van der Waals surface area contributed by atoms with Crippen LogP contribution in [0.4, 0.5) is 14.6 Å². The van der Waals surface area contributed by atoms with Crippen molar-refractivity contribution in [3.8, 4) is 11.1 Å². The van der Waals surface area contributed by atoms with Crippen molar-refractivity contribution in [1.82, 2.24) is 9.97 Å². The average molecular weight is 285 g/mol. The lowest BCUT2D eigenvalue weighted by Gasteiger charge is -2.11. The van der Waals surface area contributed by atoms with Gasteiger partial charge in [0.15, 0.2) is 0 Å². The van der Waals surface area contributed by atoms with E-state index >= 15 is 0 Å². The van der Waals surface area contributed by atoms with E-state index in [1.54, 1.807) is 12.1 Å². The Kier molecular flexibility index (Phi) is 3.25. The van der Waals surface area contributed by atoms with Gasteiger partial charge in [0.05, 0.1) is 17.4 Å². The van der Waals surface area contributed by atoms with E-state index in [-0.39, 0.29) is 0 Å². The van der Waals surface area contributed by atoms with E-state index in [4.69, 9.17) is 5.73 Å². The summed E-state index contributed by atoms with van der Waals surface area (Å²) in [5, 5.41) is 0.547. The number of fused-ring (bicyclic) bond motifs is 1. The Morgan fingerprint density at radius 2 is 1.95 bits per heavy atom.